The molecular formula is C7H12O6. The van der Waals surface area contributed by atoms with Crippen LogP contribution in [0.25, 0.3) is 0 Å². The second-order valence-electron chi connectivity index (χ2n) is 2.79. The van der Waals surface area contributed by atoms with Crippen LogP contribution in [0.3, 0.4) is 0 Å². The zero-order chi connectivity index (χ0) is 10.0. The molecule has 1 aliphatic rings. The SMILES string of the molecule is CO[C@H]1[C@@H](O)[C@@H](O)C(=O)O[C@@H]1CO. The minimum atomic E-state index is -1.60. The zero-order valence-corrected chi connectivity index (χ0v) is 7.08. The van der Waals surface area contributed by atoms with E-state index in [1.165, 1.54) is 7.11 Å². The maximum atomic E-state index is 10.8. The van der Waals surface area contributed by atoms with E-state index in [1.54, 1.807) is 0 Å². The fraction of sp³-hybridized carbons (Fsp3) is 0.857. The van der Waals surface area contributed by atoms with Gasteiger partial charge in [-0.15, -0.1) is 0 Å². The highest BCUT2D eigenvalue weighted by atomic mass is 16.6. The molecule has 1 rings (SSSR count). The lowest BCUT2D eigenvalue weighted by molar-refractivity contribution is -0.211. The van der Waals surface area contributed by atoms with Crippen LogP contribution in [-0.4, -0.2) is 59.4 Å². The normalized spacial score (nSPS) is 40.2. The van der Waals surface area contributed by atoms with E-state index < -0.39 is 37.0 Å². The molecule has 1 aliphatic heterocycles. The molecule has 0 unspecified atom stereocenters. The van der Waals surface area contributed by atoms with Gasteiger partial charge in [0.2, 0.25) is 0 Å². The molecular weight excluding hydrogens is 180 g/mol. The van der Waals surface area contributed by atoms with Gasteiger partial charge in [-0.25, -0.2) is 4.79 Å². The molecule has 0 aliphatic carbocycles. The summed E-state index contributed by atoms with van der Waals surface area (Å²) in [6, 6.07) is 0. The van der Waals surface area contributed by atoms with Crippen molar-refractivity contribution >= 4 is 5.97 Å². The standard InChI is InChI=1S/C7H12O6/c1-12-6-3(2-8)13-7(11)5(10)4(6)9/h3-6,8-10H,2H2,1H3/t3-,4+,5-,6-/m1/s1. The second-order valence-corrected chi connectivity index (χ2v) is 2.79. The Morgan fingerprint density at radius 2 is 2.15 bits per heavy atom. The fourth-order valence-corrected chi connectivity index (χ4v) is 1.26. The molecule has 76 valence electrons. The summed E-state index contributed by atoms with van der Waals surface area (Å²) in [5, 5.41) is 27.2. The van der Waals surface area contributed by atoms with Crippen LogP contribution in [0.15, 0.2) is 0 Å². The van der Waals surface area contributed by atoms with Gasteiger partial charge < -0.3 is 24.8 Å². The lowest BCUT2D eigenvalue weighted by Gasteiger charge is -2.35. The van der Waals surface area contributed by atoms with Crippen molar-refractivity contribution in [1.82, 2.24) is 0 Å². The molecule has 0 saturated carbocycles. The quantitative estimate of drug-likeness (QED) is 0.423. The minimum Gasteiger partial charge on any atom is -0.455 e. The van der Waals surface area contributed by atoms with E-state index in [4.69, 9.17) is 14.9 Å². The van der Waals surface area contributed by atoms with E-state index in [0.717, 1.165) is 0 Å². The van der Waals surface area contributed by atoms with Gasteiger partial charge in [-0.05, 0) is 0 Å². The van der Waals surface area contributed by atoms with Crippen molar-refractivity contribution in [1.29, 1.82) is 0 Å². The van der Waals surface area contributed by atoms with Gasteiger partial charge >= 0.3 is 5.97 Å². The van der Waals surface area contributed by atoms with Crippen molar-refractivity contribution in [3.63, 3.8) is 0 Å². The van der Waals surface area contributed by atoms with Crippen molar-refractivity contribution in [3.8, 4) is 0 Å². The van der Waals surface area contributed by atoms with Crippen LogP contribution in [0.4, 0.5) is 0 Å². The third-order valence-electron chi connectivity index (χ3n) is 1.99. The van der Waals surface area contributed by atoms with Gasteiger partial charge in [-0.2, -0.15) is 0 Å². The fourth-order valence-electron chi connectivity index (χ4n) is 1.26. The van der Waals surface area contributed by atoms with E-state index in [2.05, 4.69) is 4.74 Å². The van der Waals surface area contributed by atoms with Crippen molar-refractivity contribution in [2.75, 3.05) is 13.7 Å². The number of carbonyl (C=O) groups excluding carboxylic acids is 1. The van der Waals surface area contributed by atoms with Crippen LogP contribution in [0.2, 0.25) is 0 Å². The Morgan fingerprint density at radius 1 is 1.54 bits per heavy atom. The van der Waals surface area contributed by atoms with E-state index in [1.807, 2.05) is 0 Å². The Labute approximate surface area is 74.7 Å². The molecule has 0 aromatic carbocycles. The number of aliphatic hydroxyl groups excluding tert-OH is 3. The van der Waals surface area contributed by atoms with Crippen molar-refractivity contribution in [2.45, 2.75) is 24.4 Å². The van der Waals surface area contributed by atoms with Crippen LogP contribution < -0.4 is 0 Å². The lowest BCUT2D eigenvalue weighted by Crippen LogP contribution is -2.57. The van der Waals surface area contributed by atoms with E-state index >= 15 is 0 Å². The molecule has 1 saturated heterocycles. The van der Waals surface area contributed by atoms with Crippen LogP contribution in [-0.2, 0) is 14.3 Å². The molecule has 1 fully saturated rings. The van der Waals surface area contributed by atoms with Crippen molar-refractivity contribution in [3.05, 3.63) is 0 Å². The van der Waals surface area contributed by atoms with Gasteiger partial charge in [0.1, 0.15) is 12.2 Å². The second kappa shape index (κ2) is 4.01. The predicted molar refractivity (Wildman–Crippen MR) is 39.8 cm³/mol. The summed E-state index contributed by atoms with van der Waals surface area (Å²) in [6.45, 7) is -0.450. The van der Waals surface area contributed by atoms with E-state index in [9.17, 15) is 9.90 Å². The van der Waals surface area contributed by atoms with Gasteiger partial charge in [0.15, 0.2) is 12.2 Å². The highest BCUT2D eigenvalue weighted by Crippen LogP contribution is 2.18. The number of aliphatic hydroxyl groups is 3. The van der Waals surface area contributed by atoms with Gasteiger partial charge in [0.05, 0.1) is 6.61 Å². The van der Waals surface area contributed by atoms with E-state index in [-0.39, 0.29) is 0 Å². The smallest absolute Gasteiger partial charge is 0.338 e. The number of ether oxygens (including phenoxy) is 2. The monoisotopic (exact) mass is 192 g/mol. The van der Waals surface area contributed by atoms with Gasteiger partial charge in [0, 0.05) is 7.11 Å². The Balaban J connectivity index is 2.74. The average molecular weight is 192 g/mol. The predicted octanol–water partition coefficient (Wildman–Crippen LogP) is -2.36. The Bertz CT molecular complexity index is 191. The first kappa shape index (κ1) is 10.4. The topological polar surface area (TPSA) is 96.2 Å². The third kappa shape index (κ3) is 1.80. The summed E-state index contributed by atoms with van der Waals surface area (Å²) in [5.74, 6) is -0.945. The van der Waals surface area contributed by atoms with E-state index in [0.29, 0.717) is 0 Å². The van der Waals surface area contributed by atoms with Crippen LogP contribution in [0.1, 0.15) is 0 Å². The first-order chi connectivity index (χ1) is 6.11. The maximum absolute atomic E-state index is 10.8. The first-order valence-corrected chi connectivity index (χ1v) is 3.82. The third-order valence-corrected chi connectivity index (χ3v) is 1.99. The molecule has 0 aromatic heterocycles. The minimum absolute atomic E-state index is 0.450. The molecule has 0 bridgehead atoms. The van der Waals surface area contributed by atoms with Crippen LogP contribution in [0.5, 0.6) is 0 Å². The molecule has 13 heavy (non-hydrogen) atoms. The number of rotatable bonds is 2. The number of carbonyl (C=O) groups is 1. The summed E-state index contributed by atoms with van der Waals surface area (Å²) in [6.07, 6.45) is -4.77. The summed E-state index contributed by atoms with van der Waals surface area (Å²) in [5.41, 5.74) is 0. The van der Waals surface area contributed by atoms with Crippen molar-refractivity contribution in [2.24, 2.45) is 0 Å². The largest absolute Gasteiger partial charge is 0.455 e. The summed E-state index contributed by atoms with van der Waals surface area (Å²) >= 11 is 0. The molecule has 3 N–H and O–H groups in total. The van der Waals surface area contributed by atoms with Gasteiger partial charge in [-0.3, -0.25) is 0 Å². The first-order valence-electron chi connectivity index (χ1n) is 3.82. The number of methoxy groups -OCH3 is 1. The summed E-state index contributed by atoms with van der Waals surface area (Å²) in [7, 11) is 1.29. The average Bonchev–Trinajstić information content (AvgIpc) is 2.13. The van der Waals surface area contributed by atoms with Gasteiger partial charge in [0.25, 0.3) is 0 Å². The summed E-state index contributed by atoms with van der Waals surface area (Å²) in [4.78, 5) is 10.8. The maximum Gasteiger partial charge on any atom is 0.338 e. The molecule has 0 amide bonds. The zero-order valence-electron chi connectivity index (χ0n) is 7.08. The molecule has 6 heteroatoms. The van der Waals surface area contributed by atoms with Gasteiger partial charge in [-0.1, -0.05) is 0 Å². The van der Waals surface area contributed by atoms with Crippen LogP contribution >= 0.6 is 0 Å². The molecule has 0 aromatic rings. The van der Waals surface area contributed by atoms with Crippen molar-refractivity contribution < 1.29 is 29.6 Å². The highest BCUT2D eigenvalue weighted by molar-refractivity contribution is 5.76. The lowest BCUT2D eigenvalue weighted by atomic mass is 10.00. The molecule has 0 spiro atoms. The Kier molecular flexibility index (Phi) is 3.21. The number of hydrogen-bond donors (Lipinski definition) is 3. The molecule has 1 heterocycles. The number of cyclic esters (lactones) is 1. The Morgan fingerprint density at radius 3 is 2.62 bits per heavy atom. The molecule has 4 atom stereocenters. The van der Waals surface area contributed by atoms with Crippen LogP contribution in [0, 0.1) is 0 Å². The molecule has 0 radical (unpaired) electrons. The Hall–Kier alpha value is -0.690. The summed E-state index contributed by atoms with van der Waals surface area (Å²) < 4.78 is 9.38. The number of esters is 1. The highest BCUT2D eigenvalue weighted by Gasteiger charge is 2.44. The molecule has 6 nitrogen and oxygen atoms in total. The number of hydrogen-bond acceptors (Lipinski definition) is 6.